The van der Waals surface area contributed by atoms with Gasteiger partial charge in [0.05, 0.1) is 16.7 Å². The highest BCUT2D eigenvalue weighted by Crippen LogP contribution is 2.38. The summed E-state index contributed by atoms with van der Waals surface area (Å²) in [6.45, 7) is 4.01. The molecule has 27 heavy (non-hydrogen) atoms. The summed E-state index contributed by atoms with van der Waals surface area (Å²) in [5.41, 5.74) is 0.101. The fraction of sp³-hybridized carbons (Fsp3) is 0.429. The first kappa shape index (κ1) is 20.0. The molecule has 3 rings (SSSR count). The van der Waals surface area contributed by atoms with Crippen LogP contribution in [0.2, 0.25) is 0 Å². The number of hydrogen-bond donors (Lipinski definition) is 1. The minimum Gasteiger partial charge on any atom is -0.300 e. The number of benzene rings is 2. The maximum absolute atomic E-state index is 14.6. The van der Waals surface area contributed by atoms with E-state index in [2.05, 4.69) is 12.2 Å². The van der Waals surface area contributed by atoms with E-state index in [0.29, 0.717) is 18.4 Å². The first-order valence-electron chi connectivity index (χ1n) is 9.36. The molecule has 2 aromatic rings. The van der Waals surface area contributed by atoms with Crippen LogP contribution >= 0.6 is 0 Å². The van der Waals surface area contributed by atoms with Gasteiger partial charge in [0.2, 0.25) is 0 Å². The van der Waals surface area contributed by atoms with Crippen LogP contribution in [0.25, 0.3) is 0 Å². The van der Waals surface area contributed by atoms with Crippen molar-refractivity contribution < 1.29 is 17.2 Å². The van der Waals surface area contributed by atoms with E-state index >= 15 is 0 Å². The lowest BCUT2D eigenvalue weighted by Crippen LogP contribution is -2.50. The van der Waals surface area contributed by atoms with Gasteiger partial charge in [-0.1, -0.05) is 51.0 Å². The molecule has 1 N–H and O–H groups in total. The summed E-state index contributed by atoms with van der Waals surface area (Å²) in [5, 5.41) is 3.46. The lowest BCUT2D eigenvalue weighted by atomic mass is 9.88. The Labute approximate surface area is 159 Å². The van der Waals surface area contributed by atoms with E-state index < -0.39 is 33.1 Å². The van der Waals surface area contributed by atoms with E-state index in [9.17, 15) is 17.2 Å². The fourth-order valence-corrected chi connectivity index (χ4v) is 6.04. The van der Waals surface area contributed by atoms with Crippen molar-refractivity contribution in [1.82, 2.24) is 5.32 Å². The zero-order valence-corrected chi connectivity index (χ0v) is 16.5. The van der Waals surface area contributed by atoms with Crippen LogP contribution in [0.5, 0.6) is 0 Å². The van der Waals surface area contributed by atoms with Crippen molar-refractivity contribution in [2.24, 2.45) is 0 Å². The predicted molar refractivity (Wildman–Crippen MR) is 102 cm³/mol. The lowest BCUT2D eigenvalue weighted by molar-refractivity contribution is 0.292. The van der Waals surface area contributed by atoms with Crippen LogP contribution in [0.15, 0.2) is 47.4 Å². The molecule has 2 atom stereocenters. The number of hydrogen-bond acceptors (Lipinski definition) is 3. The van der Waals surface area contributed by atoms with E-state index in [-0.39, 0.29) is 16.2 Å². The molecule has 6 heteroatoms. The number of fused-ring (bicyclic) bond motifs is 1. The summed E-state index contributed by atoms with van der Waals surface area (Å²) in [6, 6.07) is 9.51. The van der Waals surface area contributed by atoms with Crippen molar-refractivity contribution in [2.75, 3.05) is 5.75 Å². The summed E-state index contributed by atoms with van der Waals surface area (Å²) >= 11 is 0. The van der Waals surface area contributed by atoms with Crippen molar-refractivity contribution in [2.45, 2.75) is 56.0 Å². The van der Waals surface area contributed by atoms with Crippen LogP contribution in [-0.4, -0.2) is 19.7 Å². The average Bonchev–Trinajstić information content (AvgIpc) is 2.73. The molecule has 2 aromatic carbocycles. The molecule has 0 amide bonds. The van der Waals surface area contributed by atoms with Crippen LogP contribution in [0.3, 0.4) is 0 Å². The van der Waals surface area contributed by atoms with E-state index in [4.69, 9.17) is 0 Å². The van der Waals surface area contributed by atoms with Gasteiger partial charge >= 0.3 is 0 Å². The third-order valence-electron chi connectivity index (χ3n) is 5.44. The van der Waals surface area contributed by atoms with Gasteiger partial charge in [-0.25, -0.2) is 17.2 Å². The average molecular weight is 393 g/mol. The van der Waals surface area contributed by atoms with Crippen molar-refractivity contribution in [1.29, 1.82) is 0 Å². The van der Waals surface area contributed by atoms with Crippen LogP contribution < -0.4 is 5.32 Å². The smallest absolute Gasteiger partial charge is 0.180 e. The molecule has 146 valence electrons. The molecule has 1 aliphatic heterocycles. The van der Waals surface area contributed by atoms with Gasteiger partial charge in [0, 0.05) is 17.2 Å². The quantitative estimate of drug-likeness (QED) is 0.796. The monoisotopic (exact) mass is 393 g/mol. The van der Waals surface area contributed by atoms with Gasteiger partial charge in [-0.05, 0) is 30.5 Å². The van der Waals surface area contributed by atoms with Crippen molar-refractivity contribution in [3.05, 3.63) is 65.2 Å². The second-order valence-electron chi connectivity index (χ2n) is 7.28. The maximum atomic E-state index is 14.6. The second kappa shape index (κ2) is 7.68. The first-order valence-corrected chi connectivity index (χ1v) is 11.0. The Morgan fingerprint density at radius 1 is 1.11 bits per heavy atom. The molecule has 0 radical (unpaired) electrons. The molecule has 0 aliphatic carbocycles. The Kier molecular flexibility index (Phi) is 5.68. The zero-order valence-electron chi connectivity index (χ0n) is 15.6. The van der Waals surface area contributed by atoms with Gasteiger partial charge in [0.25, 0.3) is 0 Å². The van der Waals surface area contributed by atoms with Crippen LogP contribution in [0, 0.1) is 11.6 Å². The Hall–Kier alpha value is -1.79. The van der Waals surface area contributed by atoms with Crippen LogP contribution in [0.1, 0.15) is 56.7 Å². The van der Waals surface area contributed by atoms with Crippen molar-refractivity contribution in [3.63, 3.8) is 0 Å². The number of sulfone groups is 1. The van der Waals surface area contributed by atoms with Gasteiger partial charge in [0.15, 0.2) is 9.84 Å². The Morgan fingerprint density at radius 3 is 2.52 bits per heavy atom. The molecule has 1 heterocycles. The van der Waals surface area contributed by atoms with Crippen molar-refractivity contribution >= 4 is 9.84 Å². The second-order valence-corrected chi connectivity index (χ2v) is 9.24. The first-order chi connectivity index (χ1) is 12.8. The molecule has 0 saturated carbocycles. The number of rotatable bonds is 5. The van der Waals surface area contributed by atoms with Gasteiger partial charge < -0.3 is 0 Å². The summed E-state index contributed by atoms with van der Waals surface area (Å²) in [4.78, 5) is 0.220. The number of halogens is 2. The lowest BCUT2D eigenvalue weighted by Gasteiger charge is -2.36. The molecule has 3 nitrogen and oxygen atoms in total. The fourth-order valence-electron chi connectivity index (χ4n) is 3.89. The minimum atomic E-state index is -3.55. The van der Waals surface area contributed by atoms with Crippen LogP contribution in [-0.2, 0) is 9.84 Å². The topological polar surface area (TPSA) is 46.2 Å². The van der Waals surface area contributed by atoms with Gasteiger partial charge in [0.1, 0.15) is 11.6 Å². The Morgan fingerprint density at radius 2 is 1.85 bits per heavy atom. The number of nitrogens with one attached hydrogen (secondary N) is 1. The predicted octanol–water partition coefficient (Wildman–Crippen LogP) is 4.77. The Balaban J connectivity index is 2.22. The SMILES string of the molecule is CCCC[C@]1(CC)CS(=O)(=O)c2ccccc2[C@H](c2ccc(F)cc2F)N1. The molecule has 0 unspecified atom stereocenters. The molecular formula is C21H25F2NO2S. The van der Waals surface area contributed by atoms with Gasteiger partial charge in [-0.2, -0.15) is 0 Å². The third kappa shape index (κ3) is 3.92. The highest BCUT2D eigenvalue weighted by Gasteiger charge is 2.42. The Bertz CT molecular complexity index is 930. The molecule has 0 aromatic heterocycles. The standard InChI is InChI=1S/C21H25F2NO2S/c1-3-5-12-21(4-2)14-27(25,26)19-9-7-6-8-17(19)20(24-21)16-11-10-15(22)13-18(16)23/h6-11,13,20,24H,3-5,12,14H2,1-2H3/t20-,21+/m0/s1. The maximum Gasteiger partial charge on any atom is 0.180 e. The molecule has 0 bridgehead atoms. The van der Waals surface area contributed by atoms with E-state index in [0.717, 1.165) is 18.9 Å². The minimum absolute atomic E-state index is 0.0349. The summed E-state index contributed by atoms with van der Waals surface area (Å²) < 4.78 is 54.4. The highest BCUT2D eigenvalue weighted by atomic mass is 32.2. The summed E-state index contributed by atoms with van der Waals surface area (Å²) in [7, 11) is -3.55. The normalized spacial score (nSPS) is 24.2. The third-order valence-corrected chi connectivity index (χ3v) is 7.42. The van der Waals surface area contributed by atoms with E-state index in [1.807, 2.05) is 6.92 Å². The highest BCUT2D eigenvalue weighted by molar-refractivity contribution is 7.91. The zero-order chi connectivity index (χ0) is 19.7. The van der Waals surface area contributed by atoms with Gasteiger partial charge in [-0.15, -0.1) is 0 Å². The molecule has 1 aliphatic rings. The molecule has 0 spiro atoms. The molecule has 0 fully saturated rings. The van der Waals surface area contributed by atoms with Gasteiger partial charge in [-0.3, -0.25) is 5.32 Å². The molecular weight excluding hydrogens is 368 g/mol. The summed E-state index contributed by atoms with van der Waals surface area (Å²) in [5.74, 6) is -1.37. The van der Waals surface area contributed by atoms with Crippen molar-refractivity contribution in [3.8, 4) is 0 Å². The van der Waals surface area contributed by atoms with E-state index in [1.165, 1.54) is 12.1 Å². The van der Waals surface area contributed by atoms with Crippen LogP contribution in [0.4, 0.5) is 8.78 Å². The summed E-state index contributed by atoms with van der Waals surface area (Å²) in [6.07, 6.45) is 3.07. The number of unbranched alkanes of at least 4 members (excludes halogenated alkanes) is 1. The molecule has 0 saturated heterocycles. The largest absolute Gasteiger partial charge is 0.300 e. The van der Waals surface area contributed by atoms with E-state index in [1.54, 1.807) is 24.3 Å².